The van der Waals surface area contributed by atoms with E-state index in [1.807, 2.05) is 24.3 Å². The van der Waals surface area contributed by atoms with Crippen LogP contribution in [-0.4, -0.2) is 24.0 Å². The van der Waals surface area contributed by atoms with E-state index in [1.165, 1.54) is 12.1 Å². The van der Waals surface area contributed by atoms with Crippen molar-refractivity contribution in [2.45, 2.75) is 13.0 Å². The largest absolute Gasteiger partial charge is 0.435 e. The number of hydrogen-bond donors (Lipinski definition) is 2. The van der Waals surface area contributed by atoms with Crippen LogP contribution in [0.3, 0.4) is 0 Å². The van der Waals surface area contributed by atoms with Gasteiger partial charge in [-0.3, -0.25) is 4.79 Å². The molecule has 3 rings (SSSR count). The Morgan fingerprint density at radius 1 is 1.12 bits per heavy atom. The lowest BCUT2D eigenvalue weighted by Gasteiger charge is -2.06. The van der Waals surface area contributed by atoms with Gasteiger partial charge in [0.1, 0.15) is 11.4 Å². The van der Waals surface area contributed by atoms with E-state index in [4.69, 9.17) is 0 Å². The topological polar surface area (TPSA) is 54.1 Å². The van der Waals surface area contributed by atoms with Gasteiger partial charge in [0.15, 0.2) is 0 Å². The predicted octanol–water partition coefficient (Wildman–Crippen LogP) is 3.74. The molecule has 1 aromatic heterocycles. The molecule has 0 bridgehead atoms. The number of carbonyl (C=O) groups excluding carboxylic acids is 1. The van der Waals surface area contributed by atoms with Gasteiger partial charge in [-0.1, -0.05) is 30.3 Å². The molecule has 1 heterocycles. The zero-order chi connectivity index (χ0) is 16.9. The van der Waals surface area contributed by atoms with Crippen LogP contribution in [0, 0.1) is 0 Å². The standard InChI is InChI=1S/C18H16F2N2O2/c19-18(20)24-14-7-5-12(6-8-14)9-10-21-17(23)16-11-13-3-1-2-4-15(13)22-16/h1-8,11,18,22H,9-10H2,(H,21,23). The number of H-pyrrole nitrogens is 1. The van der Waals surface area contributed by atoms with Gasteiger partial charge in [-0.2, -0.15) is 8.78 Å². The van der Waals surface area contributed by atoms with E-state index in [-0.39, 0.29) is 11.7 Å². The van der Waals surface area contributed by atoms with Crippen molar-refractivity contribution in [3.05, 3.63) is 65.9 Å². The number of amides is 1. The fraction of sp³-hybridized carbons (Fsp3) is 0.167. The molecule has 1 amide bonds. The zero-order valence-electron chi connectivity index (χ0n) is 12.8. The molecule has 2 aromatic carbocycles. The molecular weight excluding hydrogens is 314 g/mol. The number of para-hydroxylation sites is 1. The van der Waals surface area contributed by atoms with Crippen LogP contribution in [0.25, 0.3) is 10.9 Å². The Labute approximate surface area is 137 Å². The summed E-state index contributed by atoms with van der Waals surface area (Å²) in [4.78, 5) is 15.2. The van der Waals surface area contributed by atoms with E-state index >= 15 is 0 Å². The lowest BCUT2D eigenvalue weighted by Crippen LogP contribution is -2.25. The third-order valence-corrected chi connectivity index (χ3v) is 3.62. The summed E-state index contributed by atoms with van der Waals surface area (Å²) in [7, 11) is 0. The van der Waals surface area contributed by atoms with Crippen LogP contribution in [0.4, 0.5) is 8.78 Å². The quantitative estimate of drug-likeness (QED) is 0.723. The molecule has 3 aromatic rings. The second-order valence-electron chi connectivity index (χ2n) is 5.30. The van der Waals surface area contributed by atoms with Crippen molar-refractivity contribution in [3.8, 4) is 5.75 Å². The molecule has 0 saturated carbocycles. The van der Waals surface area contributed by atoms with Crippen LogP contribution in [0.15, 0.2) is 54.6 Å². The number of halogens is 2. The van der Waals surface area contributed by atoms with Crippen molar-refractivity contribution in [3.63, 3.8) is 0 Å². The number of aromatic nitrogens is 1. The normalized spacial score (nSPS) is 11.0. The Kier molecular flexibility index (Phi) is 4.74. The molecule has 0 fully saturated rings. The summed E-state index contributed by atoms with van der Waals surface area (Å²) in [6.07, 6.45) is 0.598. The SMILES string of the molecule is O=C(NCCc1ccc(OC(F)F)cc1)c1cc2ccccc2[nH]1. The molecule has 0 aliphatic rings. The third-order valence-electron chi connectivity index (χ3n) is 3.62. The highest BCUT2D eigenvalue weighted by Gasteiger charge is 2.09. The minimum absolute atomic E-state index is 0.121. The van der Waals surface area contributed by atoms with Crippen molar-refractivity contribution in [1.29, 1.82) is 0 Å². The highest BCUT2D eigenvalue weighted by Crippen LogP contribution is 2.16. The van der Waals surface area contributed by atoms with E-state index < -0.39 is 6.61 Å². The number of alkyl halides is 2. The monoisotopic (exact) mass is 330 g/mol. The maximum absolute atomic E-state index is 12.1. The van der Waals surface area contributed by atoms with Gasteiger partial charge in [-0.15, -0.1) is 0 Å². The van der Waals surface area contributed by atoms with Gasteiger partial charge in [0.05, 0.1) is 0 Å². The average Bonchev–Trinajstić information content (AvgIpc) is 3.00. The van der Waals surface area contributed by atoms with Gasteiger partial charge in [0.2, 0.25) is 0 Å². The fourth-order valence-corrected chi connectivity index (χ4v) is 2.45. The van der Waals surface area contributed by atoms with Crippen molar-refractivity contribution in [1.82, 2.24) is 10.3 Å². The maximum Gasteiger partial charge on any atom is 0.387 e. The number of carbonyl (C=O) groups is 1. The van der Waals surface area contributed by atoms with Gasteiger partial charge >= 0.3 is 6.61 Å². The van der Waals surface area contributed by atoms with Crippen LogP contribution in [0.1, 0.15) is 16.1 Å². The summed E-state index contributed by atoms with van der Waals surface area (Å²) >= 11 is 0. The smallest absolute Gasteiger partial charge is 0.387 e. The lowest BCUT2D eigenvalue weighted by atomic mass is 10.1. The number of rotatable bonds is 6. The first kappa shape index (κ1) is 16.0. The van der Waals surface area contributed by atoms with Crippen molar-refractivity contribution >= 4 is 16.8 Å². The Hall–Kier alpha value is -2.89. The Morgan fingerprint density at radius 2 is 1.88 bits per heavy atom. The summed E-state index contributed by atoms with van der Waals surface area (Å²) in [5.41, 5.74) is 2.35. The predicted molar refractivity (Wildman–Crippen MR) is 87.4 cm³/mol. The molecule has 0 unspecified atom stereocenters. The summed E-state index contributed by atoms with van der Waals surface area (Å²) in [6.45, 7) is -2.38. The van der Waals surface area contributed by atoms with E-state index in [1.54, 1.807) is 18.2 Å². The molecule has 24 heavy (non-hydrogen) atoms. The molecule has 0 atom stereocenters. The summed E-state index contributed by atoms with van der Waals surface area (Å²) in [6, 6.07) is 15.9. The maximum atomic E-state index is 12.1. The number of benzene rings is 2. The number of hydrogen-bond acceptors (Lipinski definition) is 2. The number of ether oxygens (including phenoxy) is 1. The second kappa shape index (κ2) is 7.12. The molecule has 2 N–H and O–H groups in total. The first-order valence-corrected chi connectivity index (χ1v) is 7.51. The second-order valence-corrected chi connectivity index (χ2v) is 5.30. The zero-order valence-corrected chi connectivity index (χ0v) is 12.8. The van der Waals surface area contributed by atoms with E-state index in [2.05, 4.69) is 15.0 Å². The number of fused-ring (bicyclic) bond motifs is 1. The van der Waals surface area contributed by atoms with Gasteiger partial charge in [0, 0.05) is 17.4 Å². The Morgan fingerprint density at radius 3 is 2.58 bits per heavy atom. The molecule has 0 spiro atoms. The van der Waals surface area contributed by atoms with Crippen molar-refractivity contribution < 1.29 is 18.3 Å². The van der Waals surface area contributed by atoms with E-state index in [9.17, 15) is 13.6 Å². The van der Waals surface area contributed by atoms with Crippen LogP contribution < -0.4 is 10.1 Å². The average molecular weight is 330 g/mol. The molecule has 0 aliphatic carbocycles. The van der Waals surface area contributed by atoms with Crippen LogP contribution >= 0.6 is 0 Å². The van der Waals surface area contributed by atoms with Crippen molar-refractivity contribution in [2.24, 2.45) is 0 Å². The first-order chi connectivity index (χ1) is 11.6. The molecular formula is C18H16F2N2O2. The van der Waals surface area contributed by atoms with Gasteiger partial charge < -0.3 is 15.0 Å². The van der Waals surface area contributed by atoms with E-state index in [0.29, 0.717) is 18.7 Å². The molecule has 0 aliphatic heterocycles. The molecule has 6 heteroatoms. The van der Waals surface area contributed by atoms with E-state index in [0.717, 1.165) is 16.5 Å². The summed E-state index contributed by atoms with van der Waals surface area (Å²) in [5, 5.41) is 3.82. The van der Waals surface area contributed by atoms with Crippen LogP contribution in [-0.2, 0) is 6.42 Å². The minimum atomic E-state index is -2.83. The molecule has 0 saturated heterocycles. The first-order valence-electron chi connectivity index (χ1n) is 7.51. The fourth-order valence-electron chi connectivity index (χ4n) is 2.45. The van der Waals surface area contributed by atoms with Gasteiger partial charge in [-0.25, -0.2) is 0 Å². The molecule has 124 valence electrons. The van der Waals surface area contributed by atoms with Crippen LogP contribution in [0.5, 0.6) is 5.75 Å². The Bertz CT molecular complexity index is 795. The van der Waals surface area contributed by atoms with Gasteiger partial charge in [0.25, 0.3) is 5.91 Å². The minimum Gasteiger partial charge on any atom is -0.435 e. The lowest BCUT2D eigenvalue weighted by molar-refractivity contribution is -0.0498. The highest BCUT2D eigenvalue weighted by molar-refractivity contribution is 5.97. The molecule has 0 radical (unpaired) electrons. The third kappa shape index (κ3) is 3.90. The summed E-state index contributed by atoms with van der Waals surface area (Å²) < 4.78 is 28.4. The Balaban J connectivity index is 1.53. The number of nitrogens with one attached hydrogen (secondary N) is 2. The van der Waals surface area contributed by atoms with Gasteiger partial charge in [-0.05, 0) is 36.2 Å². The van der Waals surface area contributed by atoms with Crippen LogP contribution in [0.2, 0.25) is 0 Å². The van der Waals surface area contributed by atoms with Crippen molar-refractivity contribution in [2.75, 3.05) is 6.54 Å². The number of aromatic amines is 1. The molecule has 4 nitrogen and oxygen atoms in total. The highest BCUT2D eigenvalue weighted by atomic mass is 19.3. The summed E-state index contributed by atoms with van der Waals surface area (Å²) in [5.74, 6) is -0.0558.